The molecule has 9 heteroatoms. The number of aliphatic carboxylic acids is 1. The minimum atomic E-state index is -0.969. The molecule has 0 radical (unpaired) electrons. The number of urea groups is 1. The highest BCUT2D eigenvalue weighted by Crippen LogP contribution is 2.37. The van der Waals surface area contributed by atoms with Gasteiger partial charge in [-0.25, -0.2) is 9.78 Å². The van der Waals surface area contributed by atoms with Crippen LogP contribution in [0.15, 0.2) is 34.7 Å². The van der Waals surface area contributed by atoms with Gasteiger partial charge in [0.05, 0.1) is 10.4 Å². The third-order valence-electron chi connectivity index (χ3n) is 4.85. The molecular weight excluding hydrogens is 430 g/mol. The van der Waals surface area contributed by atoms with Crippen molar-refractivity contribution in [2.24, 2.45) is 5.92 Å². The molecule has 1 aromatic carbocycles. The lowest BCUT2D eigenvalue weighted by Gasteiger charge is -2.26. The molecule has 0 spiro atoms. The number of thiazole rings is 1. The topological polar surface area (TPSA) is 82.5 Å². The molecule has 1 aliphatic rings. The van der Waals surface area contributed by atoms with Gasteiger partial charge in [-0.05, 0) is 50.8 Å². The number of amides is 2. The Morgan fingerprint density at radius 3 is 2.76 bits per heavy atom. The molecule has 156 valence electrons. The van der Waals surface area contributed by atoms with Crippen molar-refractivity contribution in [3.05, 3.63) is 35.5 Å². The Morgan fingerprint density at radius 2 is 2.10 bits per heavy atom. The second kappa shape index (κ2) is 9.36. The number of aromatic nitrogens is 1. The van der Waals surface area contributed by atoms with Gasteiger partial charge in [0.15, 0.2) is 5.13 Å². The van der Waals surface area contributed by atoms with Crippen LogP contribution in [0.1, 0.15) is 39.5 Å². The molecule has 1 heterocycles. The smallest absolute Gasteiger partial charge is 0.328 e. The van der Waals surface area contributed by atoms with E-state index in [1.807, 2.05) is 12.1 Å². The number of thioether (sulfide) groups is 1. The van der Waals surface area contributed by atoms with Crippen LogP contribution < -0.4 is 10.2 Å². The molecule has 1 aliphatic carbocycles. The minimum absolute atomic E-state index is 0.262. The number of anilines is 2. The number of hydrogen-bond acceptors (Lipinski definition) is 5. The maximum atomic E-state index is 13.1. The van der Waals surface area contributed by atoms with Gasteiger partial charge >= 0.3 is 12.0 Å². The number of nitrogens with zero attached hydrogens (tertiary/aromatic N) is 2. The van der Waals surface area contributed by atoms with Crippen LogP contribution in [0, 0.1) is 5.92 Å². The number of carbonyl (C=O) groups is 2. The molecule has 0 bridgehead atoms. The third kappa shape index (κ3) is 5.87. The van der Waals surface area contributed by atoms with Gasteiger partial charge in [-0.15, -0.1) is 0 Å². The standard InChI is InChI=1S/C20H24ClN3O3S2/c1-20(2,17(25)26)29-16-11-22-18(28-16)23-19(27)24(12-13-6-3-4-7-13)15-9-5-8-14(21)10-15/h5,8-11,13H,3-4,6-7,12H2,1-2H3,(H,25,26)(H,22,23,27). The minimum Gasteiger partial charge on any atom is -0.480 e. The fourth-order valence-electron chi connectivity index (χ4n) is 3.22. The Balaban J connectivity index is 1.73. The fourth-order valence-corrected chi connectivity index (χ4v) is 5.67. The van der Waals surface area contributed by atoms with Crippen molar-refractivity contribution in [2.45, 2.75) is 48.5 Å². The third-order valence-corrected chi connectivity index (χ3v) is 7.28. The molecule has 6 nitrogen and oxygen atoms in total. The molecular formula is C20H24ClN3O3S2. The van der Waals surface area contributed by atoms with E-state index < -0.39 is 10.7 Å². The van der Waals surface area contributed by atoms with E-state index in [1.54, 1.807) is 37.1 Å². The summed E-state index contributed by atoms with van der Waals surface area (Å²) in [6, 6.07) is 7.01. The Labute approximate surface area is 183 Å². The molecule has 0 saturated heterocycles. The fraction of sp³-hybridized carbons (Fsp3) is 0.450. The molecule has 0 unspecified atom stereocenters. The van der Waals surface area contributed by atoms with Gasteiger partial charge in [-0.2, -0.15) is 0 Å². The quantitative estimate of drug-likeness (QED) is 0.504. The van der Waals surface area contributed by atoms with Crippen LogP contribution in [0.25, 0.3) is 0 Å². The van der Waals surface area contributed by atoms with Crippen molar-refractivity contribution in [3.8, 4) is 0 Å². The van der Waals surface area contributed by atoms with Crippen molar-refractivity contribution in [3.63, 3.8) is 0 Å². The Bertz CT molecular complexity index is 881. The number of carboxylic acids is 1. The van der Waals surface area contributed by atoms with Crippen molar-refractivity contribution in [1.82, 2.24) is 4.98 Å². The SMILES string of the molecule is CC(C)(Sc1cnc(NC(=O)N(CC2CCCC2)c2cccc(Cl)c2)s1)C(=O)O. The van der Waals surface area contributed by atoms with Gasteiger partial charge in [0.2, 0.25) is 0 Å². The molecule has 29 heavy (non-hydrogen) atoms. The zero-order valence-electron chi connectivity index (χ0n) is 16.4. The lowest BCUT2D eigenvalue weighted by molar-refractivity contribution is -0.138. The first-order valence-electron chi connectivity index (χ1n) is 9.47. The largest absolute Gasteiger partial charge is 0.480 e. The zero-order chi connectivity index (χ0) is 21.0. The number of benzene rings is 1. The van der Waals surface area contributed by atoms with Crippen LogP contribution in [-0.2, 0) is 4.79 Å². The molecule has 0 atom stereocenters. The maximum absolute atomic E-state index is 13.1. The highest BCUT2D eigenvalue weighted by Gasteiger charge is 2.30. The number of carboxylic acid groups (broad SMARTS) is 1. The van der Waals surface area contributed by atoms with Gasteiger partial charge in [0, 0.05) is 17.3 Å². The van der Waals surface area contributed by atoms with Crippen LogP contribution >= 0.6 is 34.7 Å². The Kier molecular flexibility index (Phi) is 7.08. The highest BCUT2D eigenvalue weighted by molar-refractivity contribution is 8.03. The normalized spacial score (nSPS) is 14.7. The predicted molar refractivity (Wildman–Crippen MR) is 119 cm³/mol. The summed E-state index contributed by atoms with van der Waals surface area (Å²) in [5.41, 5.74) is 0.750. The van der Waals surface area contributed by atoms with Crippen LogP contribution in [0.3, 0.4) is 0 Å². The Morgan fingerprint density at radius 1 is 1.38 bits per heavy atom. The van der Waals surface area contributed by atoms with E-state index in [4.69, 9.17) is 11.6 Å². The summed E-state index contributed by atoms with van der Waals surface area (Å²) < 4.78 is -0.235. The summed E-state index contributed by atoms with van der Waals surface area (Å²) in [6.45, 7) is 3.91. The predicted octanol–water partition coefficient (Wildman–Crippen LogP) is 5.98. The van der Waals surface area contributed by atoms with Crippen LogP contribution in [0.4, 0.5) is 15.6 Å². The summed E-state index contributed by atoms with van der Waals surface area (Å²) in [4.78, 5) is 30.3. The van der Waals surface area contributed by atoms with E-state index in [1.165, 1.54) is 35.9 Å². The van der Waals surface area contributed by atoms with Gasteiger partial charge in [0.1, 0.15) is 4.75 Å². The van der Waals surface area contributed by atoms with Gasteiger partial charge in [-0.3, -0.25) is 15.0 Å². The zero-order valence-corrected chi connectivity index (χ0v) is 18.7. The van der Waals surface area contributed by atoms with Crippen LogP contribution in [-0.4, -0.2) is 33.4 Å². The number of carbonyl (C=O) groups excluding carboxylic acids is 1. The number of nitrogens with one attached hydrogen (secondary N) is 1. The molecule has 1 fully saturated rings. The van der Waals surface area contributed by atoms with E-state index in [9.17, 15) is 14.7 Å². The van der Waals surface area contributed by atoms with Gasteiger partial charge in [-0.1, -0.05) is 53.6 Å². The molecule has 0 aliphatic heterocycles. The van der Waals surface area contributed by atoms with E-state index in [0.717, 1.165) is 22.7 Å². The first-order valence-corrected chi connectivity index (χ1v) is 11.5. The average molecular weight is 454 g/mol. The Hall–Kier alpha value is -1.77. The lowest BCUT2D eigenvalue weighted by Crippen LogP contribution is -2.38. The first kappa shape index (κ1) is 21.9. The summed E-state index contributed by atoms with van der Waals surface area (Å²) in [7, 11) is 0. The highest BCUT2D eigenvalue weighted by atomic mass is 35.5. The lowest BCUT2D eigenvalue weighted by atomic mass is 10.1. The van der Waals surface area contributed by atoms with Gasteiger partial charge < -0.3 is 5.11 Å². The maximum Gasteiger partial charge on any atom is 0.328 e. The monoisotopic (exact) mass is 453 g/mol. The van der Waals surface area contributed by atoms with E-state index >= 15 is 0 Å². The molecule has 1 saturated carbocycles. The van der Waals surface area contributed by atoms with E-state index in [2.05, 4.69) is 10.3 Å². The number of rotatable bonds is 7. The van der Waals surface area contributed by atoms with Crippen molar-refractivity contribution < 1.29 is 14.7 Å². The van der Waals surface area contributed by atoms with Crippen LogP contribution in [0.5, 0.6) is 0 Å². The first-order chi connectivity index (χ1) is 13.7. The van der Waals surface area contributed by atoms with Crippen molar-refractivity contribution in [2.75, 3.05) is 16.8 Å². The van der Waals surface area contributed by atoms with E-state index in [0.29, 0.717) is 22.6 Å². The van der Waals surface area contributed by atoms with Crippen LogP contribution in [0.2, 0.25) is 5.02 Å². The van der Waals surface area contributed by atoms with Crippen molar-refractivity contribution in [1.29, 1.82) is 0 Å². The second-order valence-electron chi connectivity index (χ2n) is 7.57. The molecule has 1 aromatic heterocycles. The van der Waals surface area contributed by atoms with Crippen molar-refractivity contribution >= 4 is 57.5 Å². The second-order valence-corrected chi connectivity index (χ2v) is 11.0. The van der Waals surface area contributed by atoms with E-state index in [-0.39, 0.29) is 6.03 Å². The summed E-state index contributed by atoms with van der Waals surface area (Å²) in [5.74, 6) is -0.427. The average Bonchev–Trinajstić information content (AvgIpc) is 3.31. The number of halogens is 1. The molecule has 2 N–H and O–H groups in total. The molecule has 2 amide bonds. The van der Waals surface area contributed by atoms with Gasteiger partial charge in [0.25, 0.3) is 0 Å². The summed E-state index contributed by atoms with van der Waals surface area (Å²) >= 11 is 8.62. The number of hydrogen-bond donors (Lipinski definition) is 2. The molecule has 2 aromatic rings. The summed E-state index contributed by atoms with van der Waals surface area (Å²) in [6.07, 6.45) is 6.22. The summed E-state index contributed by atoms with van der Waals surface area (Å²) in [5, 5.41) is 13.2. The molecule has 3 rings (SSSR count).